The third-order valence-corrected chi connectivity index (χ3v) is 4.67. The van der Waals surface area contributed by atoms with Gasteiger partial charge in [0.2, 0.25) is 10.0 Å². The molecule has 0 aliphatic heterocycles. The molecular formula is C14H18N4O4S. The molecule has 0 spiro atoms. The summed E-state index contributed by atoms with van der Waals surface area (Å²) in [6.07, 6.45) is 4.35. The number of hydrogen-bond donors (Lipinski definition) is 1. The van der Waals surface area contributed by atoms with Crippen LogP contribution in [0, 0.1) is 0 Å². The van der Waals surface area contributed by atoms with Crippen molar-refractivity contribution in [2.45, 2.75) is 6.42 Å². The Balaban J connectivity index is 1.99. The molecule has 23 heavy (non-hydrogen) atoms. The van der Waals surface area contributed by atoms with Gasteiger partial charge < -0.3 is 5.32 Å². The van der Waals surface area contributed by atoms with E-state index in [1.54, 1.807) is 24.4 Å². The van der Waals surface area contributed by atoms with Crippen LogP contribution in [0.2, 0.25) is 0 Å². The number of sulfonamides is 1. The first-order valence-corrected chi connectivity index (χ1v) is 8.81. The standard InChI is InChI=1S/C14H18N4O4S/c1-17(23(2,21)22)8-5-7-15-13(19)11-10-16-12-6-3-4-9-18(12)14(11)20/h3-4,6,9-10H,5,7-8H2,1-2H3,(H,15,19). The van der Waals surface area contributed by atoms with E-state index in [2.05, 4.69) is 10.3 Å². The molecule has 0 radical (unpaired) electrons. The van der Waals surface area contributed by atoms with E-state index >= 15 is 0 Å². The van der Waals surface area contributed by atoms with Crippen molar-refractivity contribution >= 4 is 21.6 Å². The van der Waals surface area contributed by atoms with Crippen LogP contribution in [0.1, 0.15) is 16.8 Å². The first-order valence-electron chi connectivity index (χ1n) is 6.96. The first-order chi connectivity index (χ1) is 10.8. The number of carbonyl (C=O) groups is 1. The van der Waals surface area contributed by atoms with E-state index in [4.69, 9.17) is 0 Å². The highest BCUT2D eigenvalue weighted by atomic mass is 32.2. The van der Waals surface area contributed by atoms with Gasteiger partial charge in [-0.3, -0.25) is 14.0 Å². The Morgan fingerprint density at radius 2 is 2.13 bits per heavy atom. The molecule has 2 heterocycles. The van der Waals surface area contributed by atoms with Crippen LogP contribution in [0.5, 0.6) is 0 Å². The molecule has 1 N–H and O–H groups in total. The average Bonchev–Trinajstić information content (AvgIpc) is 2.50. The van der Waals surface area contributed by atoms with Crippen molar-refractivity contribution in [3.63, 3.8) is 0 Å². The first kappa shape index (κ1) is 17.1. The van der Waals surface area contributed by atoms with Crippen LogP contribution in [0.4, 0.5) is 0 Å². The molecule has 0 saturated carbocycles. The quantitative estimate of drug-likeness (QED) is 0.729. The van der Waals surface area contributed by atoms with E-state index in [-0.39, 0.29) is 18.7 Å². The number of fused-ring (bicyclic) bond motifs is 1. The topological polar surface area (TPSA) is 101 Å². The van der Waals surface area contributed by atoms with E-state index in [0.29, 0.717) is 12.1 Å². The zero-order valence-electron chi connectivity index (χ0n) is 12.9. The summed E-state index contributed by atoms with van der Waals surface area (Å²) in [5.41, 5.74) is -0.0321. The molecule has 0 aromatic carbocycles. The van der Waals surface area contributed by atoms with Crippen LogP contribution in [-0.2, 0) is 10.0 Å². The van der Waals surface area contributed by atoms with E-state index in [9.17, 15) is 18.0 Å². The third-order valence-electron chi connectivity index (χ3n) is 3.36. The highest BCUT2D eigenvalue weighted by Gasteiger charge is 2.13. The zero-order valence-corrected chi connectivity index (χ0v) is 13.7. The normalized spacial score (nSPS) is 11.8. The number of nitrogens with zero attached hydrogens (tertiary/aromatic N) is 3. The summed E-state index contributed by atoms with van der Waals surface area (Å²) in [6.45, 7) is 0.545. The molecule has 0 fully saturated rings. The van der Waals surface area contributed by atoms with E-state index in [1.165, 1.54) is 22.0 Å². The molecule has 0 atom stereocenters. The van der Waals surface area contributed by atoms with Gasteiger partial charge in [0, 0.05) is 32.5 Å². The largest absolute Gasteiger partial charge is 0.352 e. The smallest absolute Gasteiger partial charge is 0.270 e. The van der Waals surface area contributed by atoms with Crippen LogP contribution in [0.3, 0.4) is 0 Å². The van der Waals surface area contributed by atoms with Gasteiger partial charge in [0.25, 0.3) is 11.5 Å². The Kier molecular flexibility index (Phi) is 5.12. The molecule has 0 saturated heterocycles. The molecule has 8 nitrogen and oxygen atoms in total. The van der Waals surface area contributed by atoms with E-state index < -0.39 is 21.5 Å². The van der Waals surface area contributed by atoms with Crippen LogP contribution in [0.25, 0.3) is 5.65 Å². The minimum atomic E-state index is -3.23. The summed E-state index contributed by atoms with van der Waals surface area (Å²) in [5.74, 6) is -0.525. The van der Waals surface area contributed by atoms with Crippen molar-refractivity contribution < 1.29 is 13.2 Å². The van der Waals surface area contributed by atoms with Gasteiger partial charge in [-0.05, 0) is 18.6 Å². The maximum atomic E-state index is 12.2. The van der Waals surface area contributed by atoms with Gasteiger partial charge in [-0.1, -0.05) is 6.07 Å². The maximum Gasteiger partial charge on any atom is 0.270 e. The molecule has 1 amide bonds. The summed E-state index contributed by atoms with van der Waals surface area (Å²) in [5, 5.41) is 2.60. The third kappa shape index (κ3) is 4.14. The van der Waals surface area contributed by atoms with Crippen molar-refractivity contribution in [3.05, 3.63) is 46.5 Å². The minimum absolute atomic E-state index is 0.0508. The van der Waals surface area contributed by atoms with Crippen LogP contribution in [0.15, 0.2) is 35.4 Å². The fraction of sp³-hybridized carbons (Fsp3) is 0.357. The van der Waals surface area contributed by atoms with Crippen molar-refractivity contribution in [1.82, 2.24) is 19.0 Å². The second-order valence-corrected chi connectivity index (χ2v) is 7.19. The van der Waals surface area contributed by atoms with Gasteiger partial charge in [-0.15, -0.1) is 0 Å². The molecule has 9 heteroatoms. The Morgan fingerprint density at radius 1 is 1.39 bits per heavy atom. The van der Waals surface area contributed by atoms with Crippen molar-refractivity contribution in [2.24, 2.45) is 0 Å². The number of rotatable bonds is 6. The fourth-order valence-electron chi connectivity index (χ4n) is 1.95. The number of hydrogen-bond acceptors (Lipinski definition) is 5. The SMILES string of the molecule is CN(CCCNC(=O)c1cnc2ccccn2c1=O)S(C)(=O)=O. The molecule has 124 valence electrons. The van der Waals surface area contributed by atoms with Gasteiger partial charge >= 0.3 is 0 Å². The molecule has 0 bridgehead atoms. The van der Waals surface area contributed by atoms with Crippen molar-refractivity contribution in [2.75, 3.05) is 26.4 Å². The van der Waals surface area contributed by atoms with Crippen LogP contribution in [-0.4, -0.2) is 54.4 Å². The van der Waals surface area contributed by atoms with Gasteiger partial charge in [0.1, 0.15) is 11.2 Å². The Morgan fingerprint density at radius 3 is 2.83 bits per heavy atom. The summed E-state index contributed by atoms with van der Waals surface area (Å²) < 4.78 is 25.0. The summed E-state index contributed by atoms with van der Waals surface area (Å²) in [4.78, 5) is 28.3. The molecule has 0 unspecified atom stereocenters. The maximum absolute atomic E-state index is 12.2. The molecule has 2 aromatic rings. The van der Waals surface area contributed by atoms with Crippen LogP contribution >= 0.6 is 0 Å². The lowest BCUT2D eigenvalue weighted by Gasteiger charge is -2.13. The second-order valence-electron chi connectivity index (χ2n) is 5.10. The Bertz CT molecular complexity index is 876. The predicted molar refractivity (Wildman–Crippen MR) is 85.9 cm³/mol. The molecule has 2 aromatic heterocycles. The van der Waals surface area contributed by atoms with Crippen molar-refractivity contribution in [3.8, 4) is 0 Å². The highest BCUT2D eigenvalue weighted by molar-refractivity contribution is 7.88. The molecule has 0 aliphatic carbocycles. The lowest BCUT2D eigenvalue weighted by atomic mass is 10.3. The number of amides is 1. The Labute approximate surface area is 133 Å². The van der Waals surface area contributed by atoms with Gasteiger partial charge in [-0.25, -0.2) is 17.7 Å². The van der Waals surface area contributed by atoms with E-state index in [0.717, 1.165) is 6.26 Å². The van der Waals surface area contributed by atoms with Gasteiger partial charge in [0.15, 0.2) is 0 Å². The van der Waals surface area contributed by atoms with Crippen molar-refractivity contribution in [1.29, 1.82) is 0 Å². The second kappa shape index (κ2) is 6.88. The minimum Gasteiger partial charge on any atom is -0.352 e. The zero-order chi connectivity index (χ0) is 17.0. The number of carbonyl (C=O) groups excluding carboxylic acids is 1. The van der Waals surface area contributed by atoms with Gasteiger partial charge in [0.05, 0.1) is 6.26 Å². The number of pyridine rings is 1. The molecule has 0 aliphatic rings. The van der Waals surface area contributed by atoms with Crippen LogP contribution < -0.4 is 10.9 Å². The fourth-order valence-corrected chi connectivity index (χ4v) is 2.41. The number of aromatic nitrogens is 2. The monoisotopic (exact) mass is 338 g/mol. The highest BCUT2D eigenvalue weighted by Crippen LogP contribution is 1.98. The summed E-state index contributed by atoms with van der Waals surface area (Å²) >= 11 is 0. The molecule has 2 rings (SSSR count). The van der Waals surface area contributed by atoms with E-state index in [1.807, 2.05) is 0 Å². The summed E-state index contributed by atoms with van der Waals surface area (Å²) in [6, 6.07) is 5.10. The molecular weight excluding hydrogens is 320 g/mol. The lowest BCUT2D eigenvalue weighted by Crippen LogP contribution is -2.34. The average molecular weight is 338 g/mol. The van der Waals surface area contributed by atoms with Gasteiger partial charge in [-0.2, -0.15) is 0 Å². The lowest BCUT2D eigenvalue weighted by molar-refractivity contribution is 0.0951. The Hall–Kier alpha value is -2.26. The number of nitrogens with one attached hydrogen (secondary N) is 1. The predicted octanol–water partition coefficient (Wildman–Crippen LogP) is -0.294. The summed E-state index contributed by atoms with van der Waals surface area (Å²) in [7, 11) is -1.76.